The molecule has 3 aromatic carbocycles. The second kappa shape index (κ2) is 7.63. The zero-order valence-corrected chi connectivity index (χ0v) is 20.8. The Morgan fingerprint density at radius 2 is 1.59 bits per heavy atom. The van der Waals surface area contributed by atoms with E-state index in [1.54, 1.807) is 19.1 Å². The molecule has 4 heteroatoms. The van der Waals surface area contributed by atoms with Crippen LogP contribution >= 0.6 is 0 Å². The average Bonchev–Trinajstić information content (AvgIpc) is 3.09. The number of fused-ring (bicyclic) bond motifs is 6. The third kappa shape index (κ3) is 3.15. The van der Waals surface area contributed by atoms with Crippen molar-refractivity contribution in [2.24, 2.45) is 5.92 Å². The number of alkyl halides is 1. The van der Waals surface area contributed by atoms with Gasteiger partial charge in [-0.05, 0) is 75.2 Å². The summed E-state index contributed by atoms with van der Waals surface area (Å²) < 4.78 is 32.8. The van der Waals surface area contributed by atoms with Gasteiger partial charge in [-0.15, -0.1) is 0 Å². The summed E-state index contributed by atoms with van der Waals surface area (Å²) in [6.07, 6.45) is 0. The summed E-state index contributed by atoms with van der Waals surface area (Å²) >= 11 is 0. The van der Waals surface area contributed by atoms with Gasteiger partial charge in [-0.2, -0.15) is 0 Å². The number of hydrogen-bond donors (Lipinski definition) is 0. The normalized spacial score (nSPS) is 13.9. The number of nitrogens with zero attached hydrogens (tertiary/aromatic N) is 2. The summed E-state index contributed by atoms with van der Waals surface area (Å²) in [5.74, 6) is -0.532. The maximum Gasteiger partial charge on any atom is 0.146 e. The molecule has 2 nitrogen and oxygen atoms in total. The molecular formula is C30H30F2N2. The van der Waals surface area contributed by atoms with Crippen molar-refractivity contribution in [2.75, 3.05) is 0 Å². The van der Waals surface area contributed by atoms with Crippen LogP contribution in [0, 0.1) is 39.4 Å². The highest BCUT2D eigenvalue weighted by Crippen LogP contribution is 2.43. The van der Waals surface area contributed by atoms with Gasteiger partial charge in [0.05, 0.1) is 16.9 Å². The van der Waals surface area contributed by atoms with E-state index in [9.17, 15) is 4.39 Å². The van der Waals surface area contributed by atoms with Crippen molar-refractivity contribution in [2.45, 2.75) is 54.1 Å². The molecule has 5 aromatic rings. The first-order chi connectivity index (χ1) is 16.0. The Hall–Kier alpha value is -3.27. The number of imidazole rings is 1. The lowest BCUT2D eigenvalue weighted by molar-refractivity contribution is 0.125. The van der Waals surface area contributed by atoms with Crippen LogP contribution in [-0.4, -0.2) is 9.38 Å². The van der Waals surface area contributed by atoms with Crippen LogP contribution in [0.2, 0.25) is 0 Å². The molecule has 0 aliphatic heterocycles. The topological polar surface area (TPSA) is 17.3 Å². The molecule has 34 heavy (non-hydrogen) atoms. The average molecular weight is 457 g/mol. The van der Waals surface area contributed by atoms with Crippen molar-refractivity contribution < 1.29 is 8.78 Å². The van der Waals surface area contributed by atoms with Crippen LogP contribution < -0.4 is 0 Å². The second-order valence-electron chi connectivity index (χ2n) is 10.1. The molecule has 1 unspecified atom stereocenters. The Morgan fingerprint density at radius 3 is 2.24 bits per heavy atom. The van der Waals surface area contributed by atoms with E-state index in [1.807, 2.05) is 43.4 Å². The fourth-order valence-electron chi connectivity index (χ4n) is 5.43. The van der Waals surface area contributed by atoms with Crippen LogP contribution in [0.25, 0.3) is 38.6 Å². The highest BCUT2D eigenvalue weighted by molar-refractivity contribution is 6.14. The molecule has 0 N–H and O–H groups in total. The Balaban J connectivity index is 2.08. The van der Waals surface area contributed by atoms with E-state index in [4.69, 9.17) is 4.98 Å². The van der Waals surface area contributed by atoms with E-state index in [0.29, 0.717) is 11.2 Å². The fourth-order valence-corrected chi connectivity index (χ4v) is 5.43. The predicted molar refractivity (Wildman–Crippen MR) is 138 cm³/mol. The number of halogens is 2. The Kier molecular flexibility index (Phi) is 5.05. The summed E-state index contributed by atoms with van der Waals surface area (Å²) in [6, 6.07) is 14.9. The molecule has 2 heterocycles. The van der Waals surface area contributed by atoms with Crippen molar-refractivity contribution in [3.63, 3.8) is 0 Å². The molecule has 0 bridgehead atoms. The van der Waals surface area contributed by atoms with Crippen LogP contribution in [0.3, 0.4) is 0 Å². The van der Waals surface area contributed by atoms with Crippen molar-refractivity contribution >= 4 is 27.3 Å². The van der Waals surface area contributed by atoms with Gasteiger partial charge in [0.15, 0.2) is 0 Å². The lowest BCUT2D eigenvalue weighted by Crippen LogP contribution is -2.23. The quantitative estimate of drug-likeness (QED) is 0.249. The van der Waals surface area contributed by atoms with E-state index < -0.39 is 5.67 Å². The molecule has 0 amide bonds. The second-order valence-corrected chi connectivity index (χ2v) is 10.1. The maximum absolute atomic E-state index is 16.2. The zero-order chi connectivity index (χ0) is 24.5. The smallest absolute Gasteiger partial charge is 0.146 e. The van der Waals surface area contributed by atoms with Gasteiger partial charge in [-0.3, -0.25) is 4.40 Å². The number of benzene rings is 3. The van der Waals surface area contributed by atoms with Crippen molar-refractivity contribution in [1.82, 2.24) is 9.38 Å². The van der Waals surface area contributed by atoms with Crippen LogP contribution in [0.15, 0.2) is 48.5 Å². The predicted octanol–water partition coefficient (Wildman–Crippen LogP) is 8.52. The molecule has 0 aliphatic rings. The lowest BCUT2D eigenvalue weighted by Gasteiger charge is -2.27. The van der Waals surface area contributed by atoms with Gasteiger partial charge in [0.1, 0.15) is 17.1 Å². The highest BCUT2D eigenvalue weighted by atomic mass is 19.1. The summed E-state index contributed by atoms with van der Waals surface area (Å²) in [4.78, 5) is 5.01. The summed E-state index contributed by atoms with van der Waals surface area (Å²) in [6.45, 7) is 13.7. The lowest BCUT2D eigenvalue weighted by atomic mass is 9.84. The largest absolute Gasteiger partial charge is 0.291 e. The minimum Gasteiger partial charge on any atom is -0.291 e. The SMILES string of the molecule is Cc1cc(C)c(-c2c(C)nc3c4c(C(C)(F)C(C)C)cccc4c4ccc(F)cc4n23)c(C)c1. The number of pyridine rings is 1. The number of aromatic nitrogens is 2. The van der Waals surface area contributed by atoms with Gasteiger partial charge in [0, 0.05) is 21.9 Å². The highest BCUT2D eigenvalue weighted by Gasteiger charge is 2.33. The summed E-state index contributed by atoms with van der Waals surface area (Å²) in [7, 11) is 0. The van der Waals surface area contributed by atoms with Crippen molar-refractivity contribution in [3.05, 3.63) is 82.3 Å². The first-order valence-electron chi connectivity index (χ1n) is 11.8. The van der Waals surface area contributed by atoms with E-state index in [1.165, 1.54) is 11.6 Å². The first kappa shape index (κ1) is 22.5. The molecule has 0 saturated carbocycles. The molecule has 0 fully saturated rings. The fraction of sp³-hybridized carbons (Fsp3) is 0.300. The van der Waals surface area contributed by atoms with Crippen molar-refractivity contribution in [1.29, 1.82) is 0 Å². The van der Waals surface area contributed by atoms with E-state index >= 15 is 4.39 Å². The Morgan fingerprint density at radius 1 is 0.912 bits per heavy atom. The van der Waals surface area contributed by atoms with Gasteiger partial charge in [0.2, 0.25) is 0 Å². The van der Waals surface area contributed by atoms with E-state index in [0.717, 1.165) is 49.8 Å². The number of aryl methyl sites for hydroxylation is 4. The molecule has 0 aliphatic carbocycles. The molecule has 0 radical (unpaired) electrons. The molecule has 174 valence electrons. The van der Waals surface area contributed by atoms with Gasteiger partial charge in [-0.1, -0.05) is 49.7 Å². The Labute approximate surface area is 199 Å². The van der Waals surface area contributed by atoms with Crippen LogP contribution in [0.1, 0.15) is 48.7 Å². The molecule has 5 rings (SSSR count). The summed E-state index contributed by atoms with van der Waals surface area (Å²) in [5, 5.41) is 2.56. The van der Waals surface area contributed by atoms with E-state index in [2.05, 4.69) is 32.9 Å². The van der Waals surface area contributed by atoms with Gasteiger partial charge < -0.3 is 0 Å². The monoisotopic (exact) mass is 456 g/mol. The third-order valence-electron chi connectivity index (χ3n) is 7.36. The third-order valence-corrected chi connectivity index (χ3v) is 7.36. The van der Waals surface area contributed by atoms with Gasteiger partial charge >= 0.3 is 0 Å². The maximum atomic E-state index is 16.2. The first-order valence-corrected chi connectivity index (χ1v) is 11.8. The van der Waals surface area contributed by atoms with Crippen LogP contribution in [0.5, 0.6) is 0 Å². The van der Waals surface area contributed by atoms with Gasteiger partial charge in [0.25, 0.3) is 0 Å². The molecule has 2 aromatic heterocycles. The minimum absolute atomic E-state index is 0.223. The molecule has 1 atom stereocenters. The Bertz CT molecular complexity index is 1580. The minimum atomic E-state index is -1.55. The molecule has 0 saturated heterocycles. The standard InChI is InChI=1S/C30H30F2N2/c1-16(2)30(7,32)24-10-8-9-23-22-12-11-21(31)15-25(22)34-28(20(6)33-29(34)27(23)24)26-18(4)13-17(3)14-19(26)5/h8-16H,1-7H3. The number of hydrogen-bond acceptors (Lipinski definition) is 1. The zero-order valence-electron chi connectivity index (χ0n) is 20.8. The summed E-state index contributed by atoms with van der Waals surface area (Å²) in [5.41, 5.74) is 6.80. The number of rotatable bonds is 3. The molecular weight excluding hydrogens is 426 g/mol. The van der Waals surface area contributed by atoms with Crippen LogP contribution in [0.4, 0.5) is 8.78 Å². The molecule has 0 spiro atoms. The van der Waals surface area contributed by atoms with Gasteiger partial charge in [-0.25, -0.2) is 13.8 Å². The van der Waals surface area contributed by atoms with E-state index in [-0.39, 0.29) is 11.7 Å². The van der Waals surface area contributed by atoms with Crippen molar-refractivity contribution in [3.8, 4) is 11.3 Å². The van der Waals surface area contributed by atoms with Crippen LogP contribution in [-0.2, 0) is 5.67 Å².